The number of nitrogens with zero attached hydrogens (tertiary/aromatic N) is 3. The monoisotopic (exact) mass is 364 g/mol. The van der Waals surface area contributed by atoms with Crippen LogP contribution >= 0.6 is 0 Å². The van der Waals surface area contributed by atoms with E-state index in [1.54, 1.807) is 4.57 Å². The van der Waals surface area contributed by atoms with Gasteiger partial charge in [0.15, 0.2) is 0 Å². The number of aromatic nitrogens is 2. The van der Waals surface area contributed by atoms with Crippen molar-refractivity contribution in [3.05, 3.63) is 70.3 Å². The Balaban J connectivity index is 2.17. The van der Waals surface area contributed by atoms with Crippen LogP contribution in [0.25, 0.3) is 16.6 Å². The number of rotatable bonds is 7. The number of hydrogen-bond acceptors (Lipinski definition) is 4. The maximum atomic E-state index is 13.4. The van der Waals surface area contributed by atoms with Crippen LogP contribution in [0.4, 0.5) is 0 Å². The van der Waals surface area contributed by atoms with E-state index in [4.69, 9.17) is 4.98 Å². The van der Waals surface area contributed by atoms with Gasteiger partial charge in [0.2, 0.25) is 0 Å². The van der Waals surface area contributed by atoms with Gasteiger partial charge in [-0.05, 0) is 57.3 Å². The van der Waals surface area contributed by atoms with E-state index >= 15 is 0 Å². The Hall–Kier alpha value is -2.50. The second-order valence-electron chi connectivity index (χ2n) is 7.18. The average molecular weight is 364 g/mol. The van der Waals surface area contributed by atoms with Crippen molar-refractivity contribution >= 4 is 10.9 Å². The van der Waals surface area contributed by atoms with Gasteiger partial charge in [-0.2, -0.15) is 0 Å². The summed E-state index contributed by atoms with van der Waals surface area (Å²) in [4.78, 5) is 20.4. The van der Waals surface area contributed by atoms with Gasteiger partial charge in [0.05, 0.1) is 22.6 Å². The third-order valence-electron chi connectivity index (χ3n) is 4.73. The van der Waals surface area contributed by atoms with E-state index in [1.807, 2.05) is 55.5 Å². The standard InChI is InChI=1S/C22H28N4O/c1-5-19(23-13-14-25(3)4)21-24-20-12-7-6-11-18(20)22(27)26(21)17-10-8-9-16(2)15-17/h6-12,15,19,23H,5,13-14H2,1-4H3/t19-/m0/s1. The Bertz CT molecular complexity index is 977. The fourth-order valence-electron chi connectivity index (χ4n) is 3.28. The lowest BCUT2D eigenvalue weighted by molar-refractivity contribution is 0.376. The Morgan fingerprint density at radius 2 is 1.93 bits per heavy atom. The zero-order valence-electron chi connectivity index (χ0n) is 16.6. The summed E-state index contributed by atoms with van der Waals surface area (Å²) in [7, 11) is 4.11. The number of nitrogens with one attached hydrogen (secondary N) is 1. The molecule has 0 spiro atoms. The summed E-state index contributed by atoms with van der Waals surface area (Å²) in [5.41, 5.74) is 2.71. The van der Waals surface area contributed by atoms with Crippen LogP contribution in [0.3, 0.4) is 0 Å². The van der Waals surface area contributed by atoms with Gasteiger partial charge in [-0.25, -0.2) is 4.98 Å². The van der Waals surface area contributed by atoms with E-state index < -0.39 is 0 Å². The van der Waals surface area contributed by atoms with Gasteiger partial charge in [0.1, 0.15) is 5.82 Å². The van der Waals surface area contributed by atoms with E-state index in [2.05, 4.69) is 31.2 Å². The number of benzene rings is 2. The third kappa shape index (κ3) is 4.26. The van der Waals surface area contributed by atoms with Gasteiger partial charge < -0.3 is 10.2 Å². The van der Waals surface area contributed by atoms with Crippen molar-refractivity contribution in [2.45, 2.75) is 26.3 Å². The Kier molecular flexibility index (Phi) is 6.04. The molecule has 0 aliphatic carbocycles. The second kappa shape index (κ2) is 8.46. The van der Waals surface area contributed by atoms with E-state index in [0.29, 0.717) is 5.39 Å². The summed E-state index contributed by atoms with van der Waals surface area (Å²) in [6.07, 6.45) is 0.851. The highest BCUT2D eigenvalue weighted by Crippen LogP contribution is 2.20. The van der Waals surface area contributed by atoms with E-state index in [0.717, 1.165) is 42.1 Å². The zero-order valence-corrected chi connectivity index (χ0v) is 16.6. The second-order valence-corrected chi connectivity index (χ2v) is 7.18. The summed E-state index contributed by atoms with van der Waals surface area (Å²) in [6.45, 7) is 5.92. The molecule has 5 nitrogen and oxygen atoms in total. The van der Waals surface area contributed by atoms with Gasteiger partial charge in [-0.3, -0.25) is 9.36 Å². The summed E-state index contributed by atoms with van der Waals surface area (Å²) >= 11 is 0. The summed E-state index contributed by atoms with van der Waals surface area (Å²) in [5, 5.41) is 4.21. The Morgan fingerprint density at radius 3 is 2.63 bits per heavy atom. The lowest BCUT2D eigenvalue weighted by Gasteiger charge is -2.22. The van der Waals surface area contributed by atoms with Crippen LogP contribution in [0.2, 0.25) is 0 Å². The normalized spacial score (nSPS) is 12.6. The van der Waals surface area contributed by atoms with Crippen LogP contribution in [-0.4, -0.2) is 41.6 Å². The third-order valence-corrected chi connectivity index (χ3v) is 4.73. The van der Waals surface area contributed by atoms with Gasteiger partial charge >= 0.3 is 0 Å². The molecule has 0 aliphatic rings. The van der Waals surface area contributed by atoms with Crippen molar-refractivity contribution in [3.63, 3.8) is 0 Å². The van der Waals surface area contributed by atoms with Crippen molar-refractivity contribution in [1.29, 1.82) is 0 Å². The molecule has 27 heavy (non-hydrogen) atoms. The number of para-hydroxylation sites is 1. The summed E-state index contributed by atoms with van der Waals surface area (Å²) in [6, 6.07) is 15.6. The van der Waals surface area contributed by atoms with Crippen molar-refractivity contribution in [2.75, 3.05) is 27.2 Å². The number of likely N-dealkylation sites (N-methyl/N-ethyl adjacent to an activating group) is 1. The molecule has 0 aliphatic heterocycles. The molecule has 1 N–H and O–H groups in total. The van der Waals surface area contributed by atoms with Gasteiger partial charge in [-0.1, -0.05) is 31.2 Å². The molecule has 142 valence electrons. The first-order chi connectivity index (χ1) is 13.0. The molecule has 3 aromatic rings. The molecule has 0 amide bonds. The first-order valence-electron chi connectivity index (χ1n) is 9.48. The minimum absolute atomic E-state index is 0.00256. The number of fused-ring (bicyclic) bond motifs is 1. The van der Waals surface area contributed by atoms with Crippen molar-refractivity contribution in [1.82, 2.24) is 19.8 Å². The lowest BCUT2D eigenvalue weighted by atomic mass is 10.1. The molecule has 0 unspecified atom stereocenters. The molecule has 1 heterocycles. The molecule has 5 heteroatoms. The maximum absolute atomic E-state index is 13.4. The average Bonchev–Trinajstić information content (AvgIpc) is 2.65. The van der Waals surface area contributed by atoms with Gasteiger partial charge in [0, 0.05) is 13.1 Å². The fourth-order valence-corrected chi connectivity index (χ4v) is 3.28. The van der Waals surface area contributed by atoms with Crippen molar-refractivity contribution in [2.24, 2.45) is 0 Å². The first-order valence-corrected chi connectivity index (χ1v) is 9.48. The quantitative estimate of drug-likeness (QED) is 0.699. The predicted octanol–water partition coefficient (Wildman–Crippen LogP) is 3.30. The highest BCUT2D eigenvalue weighted by atomic mass is 16.1. The molecule has 1 aromatic heterocycles. The molecule has 0 saturated heterocycles. The lowest BCUT2D eigenvalue weighted by Crippen LogP contribution is -2.34. The highest BCUT2D eigenvalue weighted by Gasteiger charge is 2.19. The molecule has 0 saturated carbocycles. The molecule has 0 bridgehead atoms. The summed E-state index contributed by atoms with van der Waals surface area (Å²) in [5.74, 6) is 0.769. The fraction of sp³-hybridized carbons (Fsp3) is 0.364. The molecule has 1 atom stereocenters. The molecule has 2 aromatic carbocycles. The maximum Gasteiger partial charge on any atom is 0.266 e. The number of aryl methyl sites for hydroxylation is 1. The predicted molar refractivity (Wildman–Crippen MR) is 112 cm³/mol. The summed E-state index contributed by atoms with van der Waals surface area (Å²) < 4.78 is 1.77. The largest absolute Gasteiger partial charge is 0.308 e. The van der Waals surface area contributed by atoms with Crippen LogP contribution in [0.1, 0.15) is 30.8 Å². The highest BCUT2D eigenvalue weighted by molar-refractivity contribution is 5.77. The van der Waals surface area contributed by atoms with E-state index in [9.17, 15) is 4.79 Å². The van der Waals surface area contributed by atoms with Gasteiger partial charge in [-0.15, -0.1) is 0 Å². The minimum Gasteiger partial charge on any atom is -0.308 e. The van der Waals surface area contributed by atoms with Gasteiger partial charge in [0.25, 0.3) is 5.56 Å². The van der Waals surface area contributed by atoms with Crippen LogP contribution in [0.15, 0.2) is 53.3 Å². The van der Waals surface area contributed by atoms with E-state index in [-0.39, 0.29) is 11.6 Å². The molecule has 0 fully saturated rings. The van der Waals surface area contributed by atoms with Crippen molar-refractivity contribution in [3.8, 4) is 5.69 Å². The van der Waals surface area contributed by atoms with Crippen molar-refractivity contribution < 1.29 is 0 Å². The van der Waals surface area contributed by atoms with Crippen LogP contribution < -0.4 is 10.9 Å². The Labute approximate surface area is 160 Å². The minimum atomic E-state index is -0.0194. The van der Waals surface area contributed by atoms with Crippen LogP contribution in [0, 0.1) is 6.92 Å². The van der Waals surface area contributed by atoms with Crippen LogP contribution in [-0.2, 0) is 0 Å². The molecular formula is C22H28N4O. The van der Waals surface area contributed by atoms with Crippen LogP contribution in [0.5, 0.6) is 0 Å². The molecule has 0 radical (unpaired) electrons. The SMILES string of the molecule is CC[C@H](NCCN(C)C)c1nc2ccccc2c(=O)n1-c1cccc(C)c1. The number of hydrogen-bond donors (Lipinski definition) is 1. The molecular weight excluding hydrogens is 336 g/mol. The smallest absolute Gasteiger partial charge is 0.266 e. The topological polar surface area (TPSA) is 50.2 Å². The first kappa shape index (κ1) is 19.3. The molecule has 3 rings (SSSR count). The Morgan fingerprint density at radius 1 is 1.15 bits per heavy atom. The zero-order chi connectivity index (χ0) is 19.4. The van der Waals surface area contributed by atoms with E-state index in [1.165, 1.54) is 0 Å².